The number of aryl methyl sites for hydroxylation is 1. The molecule has 3 rings (SSSR count). The van der Waals surface area contributed by atoms with Crippen LogP contribution in [0, 0.1) is 6.92 Å². The number of methoxy groups -OCH3 is 1. The fraction of sp³-hybridized carbons (Fsp3) is 0.381. The summed E-state index contributed by atoms with van der Waals surface area (Å²) < 4.78 is 30.8. The lowest BCUT2D eigenvalue weighted by Crippen LogP contribution is -2.34. The summed E-state index contributed by atoms with van der Waals surface area (Å²) in [5, 5.41) is 2.94. The molecule has 1 unspecified atom stereocenters. The molecule has 28 heavy (non-hydrogen) atoms. The zero-order valence-corrected chi connectivity index (χ0v) is 17.5. The second kappa shape index (κ2) is 7.83. The molecule has 1 amide bonds. The summed E-state index contributed by atoms with van der Waals surface area (Å²) in [5.74, 6) is 0.645. The SMILES string of the molecule is COc1ccc(C)cc1CCNC(=O)c1ccc2c(c1)CC(C)N2S(C)(=O)=O. The number of amides is 1. The van der Waals surface area contributed by atoms with E-state index in [2.05, 4.69) is 11.4 Å². The number of nitrogens with zero attached hydrogens (tertiary/aromatic N) is 1. The molecule has 1 aliphatic heterocycles. The lowest BCUT2D eigenvalue weighted by molar-refractivity contribution is 0.0954. The Morgan fingerprint density at radius 1 is 1.25 bits per heavy atom. The number of hydrogen-bond acceptors (Lipinski definition) is 4. The van der Waals surface area contributed by atoms with Crippen molar-refractivity contribution in [2.45, 2.75) is 32.7 Å². The number of anilines is 1. The third-order valence-corrected chi connectivity index (χ3v) is 6.24. The predicted octanol–water partition coefficient (Wildman–Crippen LogP) is 2.69. The van der Waals surface area contributed by atoms with Crippen LogP contribution in [0.2, 0.25) is 0 Å². The molecule has 1 heterocycles. The average molecular weight is 403 g/mol. The smallest absolute Gasteiger partial charge is 0.251 e. The van der Waals surface area contributed by atoms with Gasteiger partial charge in [0.25, 0.3) is 5.91 Å². The van der Waals surface area contributed by atoms with Crippen molar-refractivity contribution in [2.75, 3.05) is 24.2 Å². The number of fused-ring (bicyclic) bond motifs is 1. The highest BCUT2D eigenvalue weighted by Crippen LogP contribution is 2.34. The van der Waals surface area contributed by atoms with E-state index in [1.165, 1.54) is 10.6 Å². The molecule has 0 fully saturated rings. The fourth-order valence-corrected chi connectivity index (χ4v) is 5.03. The quantitative estimate of drug-likeness (QED) is 0.806. The van der Waals surface area contributed by atoms with Gasteiger partial charge in [-0.2, -0.15) is 0 Å². The normalized spacial score (nSPS) is 16.0. The van der Waals surface area contributed by atoms with E-state index < -0.39 is 10.0 Å². The van der Waals surface area contributed by atoms with Gasteiger partial charge in [-0.15, -0.1) is 0 Å². The summed E-state index contributed by atoms with van der Waals surface area (Å²) in [7, 11) is -1.70. The number of carbonyl (C=O) groups excluding carboxylic acids is 1. The van der Waals surface area contributed by atoms with Gasteiger partial charge in [-0.05, 0) is 62.1 Å². The number of sulfonamides is 1. The fourth-order valence-electron chi connectivity index (χ4n) is 3.76. The topological polar surface area (TPSA) is 75.7 Å². The number of rotatable bonds is 6. The van der Waals surface area contributed by atoms with Crippen molar-refractivity contribution >= 4 is 21.6 Å². The Morgan fingerprint density at radius 3 is 2.68 bits per heavy atom. The molecular formula is C21H26N2O4S. The summed E-state index contributed by atoms with van der Waals surface area (Å²) in [6.07, 6.45) is 2.48. The van der Waals surface area contributed by atoms with Gasteiger partial charge in [-0.3, -0.25) is 9.10 Å². The van der Waals surface area contributed by atoms with Gasteiger partial charge in [0.2, 0.25) is 10.0 Å². The average Bonchev–Trinajstić information content (AvgIpc) is 2.96. The van der Waals surface area contributed by atoms with E-state index in [0.29, 0.717) is 30.6 Å². The minimum atomic E-state index is -3.33. The summed E-state index contributed by atoms with van der Waals surface area (Å²) >= 11 is 0. The Balaban J connectivity index is 1.68. The van der Waals surface area contributed by atoms with Gasteiger partial charge < -0.3 is 10.1 Å². The molecular weight excluding hydrogens is 376 g/mol. The van der Waals surface area contributed by atoms with E-state index in [1.807, 2.05) is 26.0 Å². The Morgan fingerprint density at radius 2 is 2.00 bits per heavy atom. The second-order valence-corrected chi connectivity index (χ2v) is 9.14. The highest BCUT2D eigenvalue weighted by Gasteiger charge is 2.32. The molecule has 7 heteroatoms. The zero-order valence-electron chi connectivity index (χ0n) is 16.7. The van der Waals surface area contributed by atoms with Crippen molar-refractivity contribution < 1.29 is 17.9 Å². The molecule has 0 saturated carbocycles. The van der Waals surface area contributed by atoms with Crippen molar-refractivity contribution in [3.63, 3.8) is 0 Å². The Hall–Kier alpha value is -2.54. The van der Waals surface area contributed by atoms with E-state index in [0.717, 1.165) is 22.4 Å². The van der Waals surface area contributed by atoms with Gasteiger partial charge in [-0.25, -0.2) is 8.42 Å². The first-order valence-electron chi connectivity index (χ1n) is 9.24. The third kappa shape index (κ3) is 4.14. The van der Waals surface area contributed by atoms with Gasteiger partial charge in [0.05, 0.1) is 19.1 Å². The first kappa shape index (κ1) is 20.2. The van der Waals surface area contributed by atoms with Gasteiger partial charge in [0, 0.05) is 18.2 Å². The highest BCUT2D eigenvalue weighted by atomic mass is 32.2. The van der Waals surface area contributed by atoms with Crippen molar-refractivity contribution in [2.24, 2.45) is 0 Å². The number of hydrogen-bond donors (Lipinski definition) is 1. The minimum absolute atomic E-state index is 0.142. The lowest BCUT2D eigenvalue weighted by atomic mass is 10.1. The molecule has 0 radical (unpaired) electrons. The van der Waals surface area contributed by atoms with Crippen LogP contribution in [0.1, 0.15) is 34.0 Å². The molecule has 0 saturated heterocycles. The van der Waals surface area contributed by atoms with Crippen molar-refractivity contribution in [1.82, 2.24) is 5.32 Å². The molecule has 0 spiro atoms. The van der Waals surface area contributed by atoms with Crippen molar-refractivity contribution in [3.8, 4) is 5.75 Å². The van der Waals surface area contributed by atoms with Crippen LogP contribution in [0.5, 0.6) is 5.75 Å². The highest BCUT2D eigenvalue weighted by molar-refractivity contribution is 7.92. The van der Waals surface area contributed by atoms with Crippen LogP contribution in [-0.2, 0) is 22.9 Å². The molecule has 0 bridgehead atoms. The molecule has 6 nitrogen and oxygen atoms in total. The maximum Gasteiger partial charge on any atom is 0.251 e. The monoisotopic (exact) mass is 402 g/mol. The van der Waals surface area contributed by atoms with Crippen LogP contribution < -0.4 is 14.4 Å². The van der Waals surface area contributed by atoms with E-state index in [-0.39, 0.29) is 11.9 Å². The van der Waals surface area contributed by atoms with Gasteiger partial charge in [-0.1, -0.05) is 17.7 Å². The first-order chi connectivity index (χ1) is 13.2. The number of ether oxygens (including phenoxy) is 1. The molecule has 2 aromatic rings. The van der Waals surface area contributed by atoms with Crippen LogP contribution in [0.3, 0.4) is 0 Å². The summed E-state index contributed by atoms with van der Waals surface area (Å²) in [4.78, 5) is 12.5. The maximum atomic E-state index is 12.5. The van der Waals surface area contributed by atoms with Crippen LogP contribution in [0.15, 0.2) is 36.4 Å². The van der Waals surface area contributed by atoms with Gasteiger partial charge in [0.1, 0.15) is 5.75 Å². The first-order valence-corrected chi connectivity index (χ1v) is 11.1. The molecule has 2 aromatic carbocycles. The molecule has 0 aromatic heterocycles. The van der Waals surface area contributed by atoms with Crippen LogP contribution in [0.25, 0.3) is 0 Å². The number of benzene rings is 2. The largest absolute Gasteiger partial charge is 0.496 e. The second-order valence-electron chi connectivity index (χ2n) is 7.28. The molecule has 1 aliphatic rings. The van der Waals surface area contributed by atoms with E-state index in [1.54, 1.807) is 25.3 Å². The summed E-state index contributed by atoms with van der Waals surface area (Å²) in [6.45, 7) is 4.38. The molecule has 1 atom stereocenters. The standard InChI is InChI=1S/C21H26N2O4S/c1-14-5-8-20(27-3)16(11-14)9-10-22-21(24)17-6-7-19-18(13-17)12-15(2)23(19)28(4,25)26/h5-8,11,13,15H,9-10,12H2,1-4H3,(H,22,24). The van der Waals surface area contributed by atoms with E-state index in [9.17, 15) is 13.2 Å². The van der Waals surface area contributed by atoms with Gasteiger partial charge in [0.15, 0.2) is 0 Å². The summed E-state index contributed by atoms with van der Waals surface area (Å²) in [5.41, 5.74) is 4.28. The third-order valence-electron chi connectivity index (χ3n) is 4.97. The predicted molar refractivity (Wildman–Crippen MR) is 111 cm³/mol. The van der Waals surface area contributed by atoms with Crippen molar-refractivity contribution in [1.29, 1.82) is 0 Å². The molecule has 150 valence electrons. The Labute approximate surface area is 166 Å². The van der Waals surface area contributed by atoms with Crippen molar-refractivity contribution in [3.05, 3.63) is 58.7 Å². The lowest BCUT2D eigenvalue weighted by Gasteiger charge is -2.21. The number of nitrogens with one attached hydrogen (secondary N) is 1. The number of carbonyl (C=O) groups is 1. The van der Waals surface area contributed by atoms with Gasteiger partial charge >= 0.3 is 0 Å². The Kier molecular flexibility index (Phi) is 5.65. The maximum absolute atomic E-state index is 12.5. The van der Waals surface area contributed by atoms with Crippen LogP contribution >= 0.6 is 0 Å². The minimum Gasteiger partial charge on any atom is -0.496 e. The van der Waals surface area contributed by atoms with E-state index in [4.69, 9.17) is 4.74 Å². The zero-order chi connectivity index (χ0) is 20.5. The van der Waals surface area contributed by atoms with Crippen LogP contribution in [0.4, 0.5) is 5.69 Å². The molecule has 0 aliphatic carbocycles. The molecule has 1 N–H and O–H groups in total. The summed E-state index contributed by atoms with van der Waals surface area (Å²) in [6, 6.07) is 11.0. The Bertz CT molecular complexity index is 1000. The van der Waals surface area contributed by atoms with E-state index >= 15 is 0 Å². The van der Waals surface area contributed by atoms with Crippen LogP contribution in [-0.4, -0.2) is 40.3 Å².